The van der Waals surface area contributed by atoms with Crippen LogP contribution >= 0.6 is 0 Å². The molecule has 0 fully saturated rings. The van der Waals surface area contributed by atoms with Crippen LogP contribution in [0.2, 0.25) is 0 Å². The van der Waals surface area contributed by atoms with Gasteiger partial charge in [-0.25, -0.2) is 9.97 Å². The van der Waals surface area contributed by atoms with Crippen LogP contribution in [0.4, 0.5) is 0 Å². The minimum Gasteiger partial charge on any atom is -0.497 e. The molecule has 3 rings (SSSR count). The van der Waals surface area contributed by atoms with Gasteiger partial charge in [-0.1, -0.05) is 12.1 Å². The summed E-state index contributed by atoms with van der Waals surface area (Å²) in [6, 6.07) is 7.07. The molecule has 1 atom stereocenters. The summed E-state index contributed by atoms with van der Waals surface area (Å²) in [5.41, 5.74) is 7.53. The number of carbonyl (C=O) groups is 1. The summed E-state index contributed by atoms with van der Waals surface area (Å²) in [6.45, 7) is 5.27. The van der Waals surface area contributed by atoms with E-state index >= 15 is 0 Å². The summed E-state index contributed by atoms with van der Waals surface area (Å²) < 4.78 is 5.14. The lowest BCUT2D eigenvalue weighted by atomic mass is 10.1. The maximum atomic E-state index is 12.9. The number of H-pyrrole nitrogens is 1. The van der Waals surface area contributed by atoms with Crippen molar-refractivity contribution < 1.29 is 9.53 Å². The molecule has 29 heavy (non-hydrogen) atoms. The summed E-state index contributed by atoms with van der Waals surface area (Å²) >= 11 is 0. The second-order valence-electron chi connectivity index (χ2n) is 6.78. The number of hydrogen-bond acceptors (Lipinski definition) is 6. The number of fused-ring (bicyclic) bond motifs is 1. The van der Waals surface area contributed by atoms with Crippen molar-refractivity contribution in [3.63, 3.8) is 0 Å². The maximum absolute atomic E-state index is 12.9. The van der Waals surface area contributed by atoms with Crippen LogP contribution in [0.1, 0.15) is 47.3 Å². The number of aromatic amines is 1. The zero-order valence-corrected chi connectivity index (χ0v) is 16.7. The quantitative estimate of drug-likeness (QED) is 0.612. The highest BCUT2D eigenvalue weighted by Crippen LogP contribution is 2.18. The largest absolute Gasteiger partial charge is 0.497 e. The van der Waals surface area contributed by atoms with Gasteiger partial charge in [0.1, 0.15) is 17.0 Å². The summed E-state index contributed by atoms with van der Waals surface area (Å²) in [5.74, 6) is 0.654. The van der Waals surface area contributed by atoms with Gasteiger partial charge in [0.05, 0.1) is 24.2 Å². The molecule has 0 aliphatic carbocycles. The smallest absolute Gasteiger partial charge is 0.257 e. The number of pyridine rings is 1. The van der Waals surface area contributed by atoms with Crippen molar-refractivity contribution in [3.05, 3.63) is 69.0 Å². The monoisotopic (exact) mass is 393 g/mol. The van der Waals surface area contributed by atoms with E-state index in [0.29, 0.717) is 22.9 Å². The van der Waals surface area contributed by atoms with Crippen LogP contribution in [-0.4, -0.2) is 28.0 Å². The number of ether oxygens (including phenoxy) is 1. The highest BCUT2D eigenvalue weighted by Gasteiger charge is 2.18. The predicted octanol–water partition coefficient (Wildman–Crippen LogP) is 2.45. The Morgan fingerprint density at radius 3 is 2.59 bits per heavy atom. The van der Waals surface area contributed by atoms with E-state index in [1.807, 2.05) is 31.2 Å². The lowest BCUT2D eigenvalue weighted by Crippen LogP contribution is -2.31. The molecule has 0 saturated carbocycles. The Hall–Kier alpha value is -3.68. The summed E-state index contributed by atoms with van der Waals surface area (Å²) in [7, 11) is 1.59. The number of aromatic nitrogens is 3. The van der Waals surface area contributed by atoms with E-state index in [2.05, 4.69) is 20.3 Å². The molecule has 2 aromatic heterocycles. The van der Waals surface area contributed by atoms with Gasteiger partial charge in [0.25, 0.3) is 5.91 Å². The van der Waals surface area contributed by atoms with E-state index in [4.69, 9.17) is 10.5 Å². The number of allylic oxidation sites excluding steroid dienone is 1. The van der Waals surface area contributed by atoms with Crippen LogP contribution in [0.15, 0.2) is 41.0 Å². The molecular weight excluding hydrogens is 370 g/mol. The first-order valence-electron chi connectivity index (χ1n) is 9.08. The molecule has 1 unspecified atom stereocenters. The molecular formula is C21H23N5O3. The molecule has 8 heteroatoms. The number of hydrogen-bond donors (Lipinski definition) is 3. The molecule has 0 saturated heterocycles. The van der Waals surface area contributed by atoms with E-state index in [0.717, 1.165) is 11.3 Å². The fourth-order valence-electron chi connectivity index (χ4n) is 3.00. The number of nitrogens with one attached hydrogen (secondary N) is 2. The average molecular weight is 393 g/mol. The Morgan fingerprint density at radius 2 is 1.97 bits per heavy atom. The first-order valence-corrected chi connectivity index (χ1v) is 9.08. The van der Waals surface area contributed by atoms with E-state index in [1.165, 1.54) is 6.20 Å². The lowest BCUT2D eigenvalue weighted by molar-refractivity contribution is 0.0938. The number of nitrogens with zero attached hydrogens (tertiary/aromatic N) is 2. The number of benzene rings is 1. The van der Waals surface area contributed by atoms with Gasteiger partial charge in [0, 0.05) is 18.0 Å². The van der Waals surface area contributed by atoms with Gasteiger partial charge < -0.3 is 20.8 Å². The molecule has 8 nitrogen and oxygen atoms in total. The molecule has 0 bridgehead atoms. The molecule has 150 valence electrons. The molecule has 1 aromatic carbocycles. The van der Waals surface area contributed by atoms with Gasteiger partial charge in [-0.05, 0) is 38.5 Å². The SMILES string of the molecule is COc1ccc(C(C)NC(=O)c2c[nH]c3nc(/C=C(/C)N)nc(C)c3c2=O)cc1. The number of rotatable bonds is 5. The zero-order valence-electron chi connectivity index (χ0n) is 16.7. The minimum atomic E-state index is -0.474. The van der Waals surface area contributed by atoms with Crippen LogP contribution in [0.5, 0.6) is 5.75 Å². The van der Waals surface area contributed by atoms with Crippen LogP contribution in [-0.2, 0) is 0 Å². The topological polar surface area (TPSA) is 123 Å². The van der Waals surface area contributed by atoms with Crippen LogP contribution in [0, 0.1) is 6.92 Å². The third-order valence-corrected chi connectivity index (χ3v) is 4.50. The molecule has 0 spiro atoms. The average Bonchev–Trinajstić information content (AvgIpc) is 2.67. The van der Waals surface area contributed by atoms with Crippen molar-refractivity contribution >= 4 is 23.0 Å². The summed E-state index contributed by atoms with van der Waals surface area (Å²) in [4.78, 5) is 37.1. The second kappa shape index (κ2) is 8.14. The highest BCUT2D eigenvalue weighted by molar-refractivity contribution is 5.97. The van der Waals surface area contributed by atoms with Crippen LogP contribution in [0.25, 0.3) is 17.1 Å². The first-order chi connectivity index (χ1) is 13.8. The van der Waals surface area contributed by atoms with Crippen molar-refractivity contribution in [3.8, 4) is 5.75 Å². The number of aryl methyl sites for hydroxylation is 1. The van der Waals surface area contributed by atoms with Crippen molar-refractivity contribution in [1.82, 2.24) is 20.3 Å². The van der Waals surface area contributed by atoms with Gasteiger partial charge in [-0.3, -0.25) is 9.59 Å². The third-order valence-electron chi connectivity index (χ3n) is 4.50. The van der Waals surface area contributed by atoms with Gasteiger partial charge in [-0.2, -0.15) is 0 Å². The van der Waals surface area contributed by atoms with Crippen molar-refractivity contribution in [2.24, 2.45) is 5.73 Å². The fraction of sp³-hybridized carbons (Fsp3) is 0.238. The lowest BCUT2D eigenvalue weighted by Gasteiger charge is -2.15. The third kappa shape index (κ3) is 4.26. The Balaban J connectivity index is 1.91. The molecule has 0 aliphatic rings. The number of nitrogens with two attached hydrogens (primary N) is 1. The van der Waals surface area contributed by atoms with Gasteiger partial charge >= 0.3 is 0 Å². The summed E-state index contributed by atoms with van der Waals surface area (Å²) in [5, 5.41) is 3.13. The molecule has 0 radical (unpaired) electrons. The minimum absolute atomic E-state index is 0.00265. The van der Waals surface area contributed by atoms with Crippen molar-refractivity contribution in [1.29, 1.82) is 0 Å². The first kappa shape index (κ1) is 20.1. The Labute approximate surface area is 167 Å². The number of methoxy groups -OCH3 is 1. The van der Waals surface area contributed by atoms with Crippen LogP contribution < -0.4 is 21.2 Å². The van der Waals surface area contributed by atoms with E-state index in [-0.39, 0.29) is 17.0 Å². The van der Waals surface area contributed by atoms with Gasteiger partial charge in [0.2, 0.25) is 5.43 Å². The predicted molar refractivity (Wildman–Crippen MR) is 112 cm³/mol. The standard InChI is InChI=1S/C21H23N5O3/c1-11(22)9-17-24-13(3)18-19(27)16(10-23-20(18)26-17)21(28)25-12(2)14-5-7-15(29-4)8-6-14/h5-10,12H,22H2,1-4H3,(H,25,28)(H,23,24,26,27)/b11-9-. The van der Waals surface area contributed by atoms with Gasteiger partial charge in [-0.15, -0.1) is 0 Å². The fourth-order valence-corrected chi connectivity index (χ4v) is 3.00. The number of carbonyl (C=O) groups excluding carboxylic acids is 1. The van der Waals surface area contributed by atoms with Crippen molar-refractivity contribution in [2.45, 2.75) is 26.8 Å². The molecule has 2 heterocycles. The molecule has 3 aromatic rings. The zero-order chi connectivity index (χ0) is 21.1. The summed E-state index contributed by atoms with van der Waals surface area (Å²) in [6.07, 6.45) is 2.98. The highest BCUT2D eigenvalue weighted by atomic mass is 16.5. The van der Waals surface area contributed by atoms with E-state index in [9.17, 15) is 9.59 Å². The molecule has 4 N–H and O–H groups in total. The van der Waals surface area contributed by atoms with Crippen LogP contribution in [0.3, 0.4) is 0 Å². The van der Waals surface area contributed by atoms with E-state index in [1.54, 1.807) is 27.0 Å². The Kier molecular flexibility index (Phi) is 5.63. The Morgan fingerprint density at radius 1 is 1.28 bits per heavy atom. The van der Waals surface area contributed by atoms with Crippen molar-refractivity contribution in [2.75, 3.05) is 7.11 Å². The normalized spacial score (nSPS) is 12.6. The molecule has 0 aliphatic heterocycles. The second-order valence-corrected chi connectivity index (χ2v) is 6.78. The van der Waals surface area contributed by atoms with E-state index < -0.39 is 11.3 Å². The molecule has 1 amide bonds. The number of amides is 1. The van der Waals surface area contributed by atoms with Gasteiger partial charge in [0.15, 0.2) is 5.82 Å². The maximum Gasteiger partial charge on any atom is 0.257 e. The Bertz CT molecular complexity index is 1150.